The van der Waals surface area contributed by atoms with Gasteiger partial charge in [0.1, 0.15) is 0 Å². The van der Waals surface area contributed by atoms with Crippen molar-refractivity contribution in [3.8, 4) is 0 Å². The Balaban J connectivity index is 2.89. The summed E-state index contributed by atoms with van der Waals surface area (Å²) < 4.78 is 11.5. The van der Waals surface area contributed by atoms with E-state index in [0.29, 0.717) is 19.0 Å². The van der Waals surface area contributed by atoms with Crippen LogP contribution in [0.15, 0.2) is 0 Å². The highest BCUT2D eigenvalue weighted by molar-refractivity contribution is 4.59. The van der Waals surface area contributed by atoms with Gasteiger partial charge in [-0.1, -0.05) is 0 Å². The van der Waals surface area contributed by atoms with Crippen molar-refractivity contribution in [1.82, 2.24) is 5.32 Å². The molecule has 0 spiro atoms. The summed E-state index contributed by atoms with van der Waals surface area (Å²) in [7, 11) is 0. The Hall–Kier alpha value is -0.150. The van der Waals surface area contributed by atoms with E-state index >= 15 is 0 Å². The number of alkyl halides is 1. The Morgan fingerprint density at radius 1 is 1.50 bits per heavy atom. The van der Waals surface area contributed by atoms with Crippen molar-refractivity contribution >= 4 is 0 Å². The summed E-state index contributed by atoms with van der Waals surface area (Å²) in [6.07, 6.45) is 1.56. The molecule has 1 unspecified atom stereocenters. The van der Waals surface area contributed by atoms with Crippen molar-refractivity contribution in [3.05, 3.63) is 0 Å². The fourth-order valence-corrected chi connectivity index (χ4v) is 0.651. The Labute approximate surface area is 62.0 Å². The molecule has 0 fully saturated rings. The third kappa shape index (κ3) is 5.98. The predicted octanol–water partition coefficient (Wildman–Crippen LogP) is 0.673. The minimum absolute atomic E-state index is 0.210. The van der Waals surface area contributed by atoms with Gasteiger partial charge in [-0.3, -0.25) is 4.39 Å². The van der Waals surface area contributed by atoms with Crippen LogP contribution >= 0.6 is 0 Å². The summed E-state index contributed by atoms with van der Waals surface area (Å²) in [6.45, 7) is 3.34. The molecule has 0 rings (SSSR count). The zero-order valence-electron chi connectivity index (χ0n) is 6.57. The summed E-state index contributed by atoms with van der Waals surface area (Å²) in [6, 6.07) is 0.361. The van der Waals surface area contributed by atoms with Crippen molar-refractivity contribution in [2.75, 3.05) is 19.8 Å². The van der Waals surface area contributed by atoms with Gasteiger partial charge in [-0.25, -0.2) is 0 Å². The van der Waals surface area contributed by atoms with Crippen LogP contribution in [-0.2, 0) is 0 Å². The third-order valence-corrected chi connectivity index (χ3v) is 1.41. The molecule has 0 saturated carbocycles. The molecule has 0 saturated heterocycles. The van der Waals surface area contributed by atoms with Gasteiger partial charge >= 0.3 is 0 Å². The summed E-state index contributed by atoms with van der Waals surface area (Å²) >= 11 is 0. The highest BCUT2D eigenvalue weighted by Gasteiger charge is 1.94. The fourth-order valence-electron chi connectivity index (χ4n) is 0.651. The lowest BCUT2D eigenvalue weighted by atomic mass is 10.3. The molecule has 0 aromatic carbocycles. The number of halogens is 1. The lowest BCUT2D eigenvalue weighted by molar-refractivity contribution is 0.445. The fraction of sp³-hybridized carbons (Fsp3) is 1.00. The first kappa shape index (κ1) is 9.85. The predicted molar refractivity (Wildman–Crippen MR) is 41.7 cm³/mol. The van der Waals surface area contributed by atoms with Crippen LogP contribution in [0.5, 0.6) is 0 Å². The van der Waals surface area contributed by atoms with Crippen LogP contribution in [0.2, 0.25) is 0 Å². The van der Waals surface area contributed by atoms with Gasteiger partial charge in [-0.05, 0) is 26.3 Å². The number of hydrogen-bond donors (Lipinski definition) is 2. The second kappa shape index (κ2) is 6.96. The minimum atomic E-state index is -0.210. The van der Waals surface area contributed by atoms with E-state index < -0.39 is 0 Å². The van der Waals surface area contributed by atoms with Gasteiger partial charge in [0, 0.05) is 12.6 Å². The van der Waals surface area contributed by atoms with Gasteiger partial charge in [0.05, 0.1) is 6.67 Å². The minimum Gasteiger partial charge on any atom is -0.329 e. The monoisotopic (exact) mass is 148 g/mol. The van der Waals surface area contributed by atoms with E-state index in [0.717, 1.165) is 13.0 Å². The van der Waals surface area contributed by atoms with Crippen LogP contribution in [0.4, 0.5) is 4.39 Å². The molecular formula is C7H17FN2. The molecular weight excluding hydrogens is 131 g/mol. The SMILES string of the molecule is CC(CN)NCCCCF. The number of hydrogen-bond acceptors (Lipinski definition) is 2. The van der Waals surface area contributed by atoms with Crippen LogP contribution < -0.4 is 11.1 Å². The maximum absolute atomic E-state index is 11.5. The van der Waals surface area contributed by atoms with Crippen molar-refractivity contribution in [1.29, 1.82) is 0 Å². The van der Waals surface area contributed by atoms with Crippen LogP contribution in [0, 0.1) is 0 Å². The van der Waals surface area contributed by atoms with Gasteiger partial charge in [0.2, 0.25) is 0 Å². The van der Waals surface area contributed by atoms with Gasteiger partial charge in [-0.2, -0.15) is 0 Å². The lowest BCUT2D eigenvalue weighted by Gasteiger charge is -2.09. The molecule has 0 radical (unpaired) electrons. The van der Waals surface area contributed by atoms with E-state index in [4.69, 9.17) is 5.73 Å². The quantitative estimate of drug-likeness (QED) is 0.543. The third-order valence-electron chi connectivity index (χ3n) is 1.41. The molecule has 10 heavy (non-hydrogen) atoms. The molecule has 3 heteroatoms. The largest absolute Gasteiger partial charge is 0.329 e. The van der Waals surface area contributed by atoms with Gasteiger partial charge in [0.15, 0.2) is 0 Å². The molecule has 0 heterocycles. The molecule has 0 aromatic rings. The molecule has 2 nitrogen and oxygen atoms in total. The molecule has 0 aromatic heterocycles. The Morgan fingerprint density at radius 2 is 2.20 bits per heavy atom. The van der Waals surface area contributed by atoms with Gasteiger partial charge in [-0.15, -0.1) is 0 Å². The molecule has 0 aliphatic rings. The standard InChI is InChI=1S/C7H17FN2/c1-7(6-9)10-5-3-2-4-8/h7,10H,2-6,9H2,1H3. The number of nitrogens with one attached hydrogen (secondary N) is 1. The normalized spacial score (nSPS) is 13.5. The molecule has 62 valence electrons. The summed E-state index contributed by atoms with van der Waals surface area (Å²) in [5, 5.41) is 3.18. The maximum Gasteiger partial charge on any atom is 0.0894 e. The van der Waals surface area contributed by atoms with Crippen LogP contribution in [-0.4, -0.2) is 25.8 Å². The molecule has 0 aliphatic carbocycles. The van der Waals surface area contributed by atoms with Crippen LogP contribution in [0.1, 0.15) is 19.8 Å². The Bertz CT molecular complexity index is 68.6. The highest BCUT2D eigenvalue weighted by Crippen LogP contribution is 1.87. The zero-order chi connectivity index (χ0) is 7.82. The van der Waals surface area contributed by atoms with Crippen molar-refractivity contribution in [2.24, 2.45) is 5.73 Å². The zero-order valence-corrected chi connectivity index (χ0v) is 6.57. The number of nitrogens with two attached hydrogens (primary N) is 1. The average Bonchev–Trinajstić information content (AvgIpc) is 1.98. The Kier molecular flexibility index (Phi) is 6.86. The first-order valence-corrected chi connectivity index (χ1v) is 3.80. The van der Waals surface area contributed by atoms with Crippen LogP contribution in [0.3, 0.4) is 0 Å². The van der Waals surface area contributed by atoms with Crippen molar-refractivity contribution in [3.63, 3.8) is 0 Å². The summed E-state index contributed by atoms with van der Waals surface area (Å²) in [5.41, 5.74) is 5.35. The molecule has 3 N–H and O–H groups in total. The first-order valence-electron chi connectivity index (χ1n) is 3.80. The number of unbranched alkanes of at least 4 members (excludes halogenated alkanes) is 1. The van der Waals surface area contributed by atoms with Crippen molar-refractivity contribution in [2.45, 2.75) is 25.8 Å². The number of rotatable bonds is 6. The maximum atomic E-state index is 11.5. The van der Waals surface area contributed by atoms with Gasteiger partial charge in [0.25, 0.3) is 0 Å². The van der Waals surface area contributed by atoms with Crippen molar-refractivity contribution < 1.29 is 4.39 Å². The second-order valence-corrected chi connectivity index (χ2v) is 2.49. The molecule has 0 bridgehead atoms. The summed E-state index contributed by atoms with van der Waals surface area (Å²) in [5.74, 6) is 0. The van der Waals surface area contributed by atoms with E-state index in [1.807, 2.05) is 6.92 Å². The molecule has 1 atom stereocenters. The highest BCUT2D eigenvalue weighted by atomic mass is 19.1. The Morgan fingerprint density at radius 3 is 2.70 bits per heavy atom. The molecule has 0 amide bonds. The average molecular weight is 148 g/mol. The van der Waals surface area contributed by atoms with E-state index in [1.54, 1.807) is 0 Å². The summed E-state index contributed by atoms with van der Waals surface area (Å²) in [4.78, 5) is 0. The van der Waals surface area contributed by atoms with E-state index in [2.05, 4.69) is 5.32 Å². The lowest BCUT2D eigenvalue weighted by Crippen LogP contribution is -2.33. The smallest absolute Gasteiger partial charge is 0.0894 e. The van der Waals surface area contributed by atoms with E-state index in [1.165, 1.54) is 0 Å². The first-order chi connectivity index (χ1) is 4.81. The topological polar surface area (TPSA) is 38.0 Å². The molecule has 0 aliphatic heterocycles. The van der Waals surface area contributed by atoms with Crippen LogP contribution in [0.25, 0.3) is 0 Å². The van der Waals surface area contributed by atoms with E-state index in [-0.39, 0.29) is 6.67 Å². The van der Waals surface area contributed by atoms with Gasteiger partial charge < -0.3 is 11.1 Å². The van der Waals surface area contributed by atoms with E-state index in [9.17, 15) is 4.39 Å². The second-order valence-electron chi connectivity index (χ2n) is 2.49.